The van der Waals surface area contributed by atoms with E-state index in [1.54, 1.807) is 7.11 Å². The molecule has 1 aliphatic rings. The molecule has 0 saturated carbocycles. The maximum Gasteiger partial charge on any atom is 0.308 e. The highest BCUT2D eigenvalue weighted by molar-refractivity contribution is 6.05. The van der Waals surface area contributed by atoms with Crippen LogP contribution < -0.4 is 10.1 Å². The van der Waals surface area contributed by atoms with Crippen LogP contribution in [0.15, 0.2) is 71.8 Å². The first kappa shape index (κ1) is 23.9. The zero-order chi connectivity index (χ0) is 24.8. The highest BCUT2D eigenvalue weighted by atomic mass is 16.5. The molecule has 1 N–H and O–H groups in total. The summed E-state index contributed by atoms with van der Waals surface area (Å²) >= 11 is 0. The number of esters is 1. The van der Waals surface area contributed by atoms with Crippen LogP contribution in [0.5, 0.6) is 5.75 Å². The third-order valence-electron chi connectivity index (χ3n) is 5.81. The number of carbonyl (C=O) groups excluding carboxylic acids is 3. The van der Waals surface area contributed by atoms with E-state index in [-0.39, 0.29) is 24.9 Å². The zero-order valence-corrected chi connectivity index (χ0v) is 19.7. The van der Waals surface area contributed by atoms with E-state index in [1.807, 2.05) is 60.7 Å². The number of amides is 2. The van der Waals surface area contributed by atoms with Gasteiger partial charge in [-0.2, -0.15) is 5.10 Å². The number of hydrogen-bond acceptors (Lipinski definition) is 6. The molecule has 0 unspecified atom stereocenters. The molecule has 8 nitrogen and oxygen atoms in total. The zero-order valence-electron chi connectivity index (χ0n) is 19.7. The van der Waals surface area contributed by atoms with Gasteiger partial charge in [0.1, 0.15) is 5.75 Å². The van der Waals surface area contributed by atoms with Gasteiger partial charge < -0.3 is 14.8 Å². The SMILES string of the molecule is COc1ccc([C@H]2CC(c3ccc4ccccc4c3)=NN2C(=O)COC(=O)CCNC(C)=O)cc1. The number of hydrogen-bond donors (Lipinski definition) is 1. The molecule has 1 heterocycles. The van der Waals surface area contributed by atoms with E-state index in [9.17, 15) is 14.4 Å². The molecule has 0 fully saturated rings. The van der Waals surface area contributed by atoms with Crippen LogP contribution in [0, 0.1) is 0 Å². The van der Waals surface area contributed by atoms with Gasteiger partial charge >= 0.3 is 5.97 Å². The second-order valence-electron chi connectivity index (χ2n) is 8.23. The average Bonchev–Trinajstić information content (AvgIpc) is 3.32. The minimum absolute atomic E-state index is 0.0135. The van der Waals surface area contributed by atoms with Crippen LogP contribution in [0.2, 0.25) is 0 Å². The standard InChI is InChI=1S/C27H27N3O5/c1-18(31)28-14-13-27(33)35-17-26(32)30-25(20-9-11-23(34-2)12-10-20)16-24(29-30)22-8-7-19-5-3-4-6-21(19)15-22/h3-12,15,25H,13-14,16-17H2,1-2H3,(H,28,31)/t25-/m1/s1. The molecule has 0 bridgehead atoms. The number of fused-ring (bicyclic) bond motifs is 1. The normalized spacial score (nSPS) is 15.0. The van der Waals surface area contributed by atoms with E-state index < -0.39 is 18.5 Å². The van der Waals surface area contributed by atoms with Crippen molar-refractivity contribution in [2.75, 3.05) is 20.3 Å². The summed E-state index contributed by atoms with van der Waals surface area (Å²) in [5.74, 6) is -0.502. The number of hydrazone groups is 1. The van der Waals surface area contributed by atoms with Gasteiger partial charge in [-0.25, -0.2) is 5.01 Å². The highest BCUT2D eigenvalue weighted by Crippen LogP contribution is 2.34. The summed E-state index contributed by atoms with van der Waals surface area (Å²) in [5.41, 5.74) is 2.61. The number of benzene rings is 3. The topological polar surface area (TPSA) is 97.3 Å². The summed E-state index contributed by atoms with van der Waals surface area (Å²) < 4.78 is 10.4. The number of nitrogens with zero attached hydrogens (tertiary/aromatic N) is 2. The molecule has 4 rings (SSSR count). The lowest BCUT2D eigenvalue weighted by molar-refractivity contribution is -0.152. The van der Waals surface area contributed by atoms with E-state index in [2.05, 4.69) is 16.5 Å². The summed E-state index contributed by atoms with van der Waals surface area (Å²) in [6.45, 7) is 1.09. The second kappa shape index (κ2) is 10.8. The third-order valence-corrected chi connectivity index (χ3v) is 5.81. The monoisotopic (exact) mass is 473 g/mol. The molecule has 0 spiro atoms. The summed E-state index contributed by atoms with van der Waals surface area (Å²) in [6, 6.07) is 21.3. The maximum absolute atomic E-state index is 13.1. The quantitative estimate of drug-likeness (QED) is 0.504. The summed E-state index contributed by atoms with van der Waals surface area (Å²) in [6.07, 6.45) is 0.507. The Bertz CT molecular complexity index is 1270. The van der Waals surface area contributed by atoms with Crippen molar-refractivity contribution in [2.45, 2.75) is 25.8 Å². The van der Waals surface area contributed by atoms with Crippen LogP contribution in [0.3, 0.4) is 0 Å². The molecule has 0 radical (unpaired) electrons. The number of nitrogens with one attached hydrogen (secondary N) is 1. The van der Waals surface area contributed by atoms with Crippen molar-refractivity contribution in [3.05, 3.63) is 77.9 Å². The fourth-order valence-electron chi connectivity index (χ4n) is 3.99. The van der Waals surface area contributed by atoms with Gasteiger partial charge in [-0.15, -0.1) is 0 Å². The molecule has 3 aromatic carbocycles. The van der Waals surface area contributed by atoms with Crippen molar-refractivity contribution in [1.82, 2.24) is 10.3 Å². The Kier molecular flexibility index (Phi) is 7.40. The van der Waals surface area contributed by atoms with E-state index in [0.717, 1.165) is 27.6 Å². The first-order chi connectivity index (χ1) is 16.9. The lowest BCUT2D eigenvalue weighted by atomic mass is 9.97. The molecule has 0 aromatic heterocycles. The molecule has 3 aromatic rings. The van der Waals surface area contributed by atoms with E-state index in [0.29, 0.717) is 12.2 Å². The Balaban J connectivity index is 1.54. The average molecular weight is 474 g/mol. The van der Waals surface area contributed by atoms with Crippen molar-refractivity contribution in [3.63, 3.8) is 0 Å². The molecular formula is C27H27N3O5. The van der Waals surface area contributed by atoms with E-state index in [4.69, 9.17) is 9.47 Å². The first-order valence-electron chi connectivity index (χ1n) is 11.4. The predicted molar refractivity (Wildman–Crippen MR) is 132 cm³/mol. The molecule has 35 heavy (non-hydrogen) atoms. The minimum Gasteiger partial charge on any atom is -0.497 e. The van der Waals surface area contributed by atoms with Gasteiger partial charge in [0, 0.05) is 19.9 Å². The molecule has 1 aliphatic heterocycles. The summed E-state index contributed by atoms with van der Waals surface area (Å²) in [7, 11) is 1.60. The Morgan fingerprint density at radius 3 is 2.49 bits per heavy atom. The lowest BCUT2D eigenvalue weighted by Gasteiger charge is -2.22. The van der Waals surface area contributed by atoms with Gasteiger partial charge in [-0.1, -0.05) is 48.5 Å². The molecule has 0 aliphatic carbocycles. The van der Waals surface area contributed by atoms with E-state index in [1.165, 1.54) is 11.9 Å². The number of methoxy groups -OCH3 is 1. The number of rotatable bonds is 8. The van der Waals surface area contributed by atoms with Crippen LogP contribution in [0.1, 0.15) is 36.9 Å². The van der Waals surface area contributed by atoms with Gasteiger partial charge in [0.15, 0.2) is 6.61 Å². The molecule has 8 heteroatoms. The van der Waals surface area contributed by atoms with Gasteiger partial charge in [-0.3, -0.25) is 14.4 Å². The Labute approximate surface area is 203 Å². The van der Waals surface area contributed by atoms with Crippen molar-refractivity contribution < 1.29 is 23.9 Å². The molecule has 0 saturated heterocycles. The van der Waals surface area contributed by atoms with Crippen LogP contribution in [0.25, 0.3) is 10.8 Å². The second-order valence-corrected chi connectivity index (χ2v) is 8.23. The maximum atomic E-state index is 13.1. The van der Waals surface area contributed by atoms with E-state index >= 15 is 0 Å². The van der Waals surface area contributed by atoms with Crippen molar-refractivity contribution in [1.29, 1.82) is 0 Å². The summed E-state index contributed by atoms with van der Waals surface area (Å²) in [4.78, 5) is 36.0. The fraction of sp³-hybridized carbons (Fsp3) is 0.259. The largest absolute Gasteiger partial charge is 0.497 e. The molecule has 2 amide bonds. The van der Waals surface area contributed by atoms with Crippen molar-refractivity contribution >= 4 is 34.3 Å². The highest BCUT2D eigenvalue weighted by Gasteiger charge is 2.33. The van der Waals surface area contributed by atoms with Gasteiger partial charge in [0.25, 0.3) is 5.91 Å². The summed E-state index contributed by atoms with van der Waals surface area (Å²) in [5, 5.41) is 10.8. The van der Waals surface area contributed by atoms with Gasteiger partial charge in [0.05, 0.1) is 25.3 Å². The first-order valence-corrected chi connectivity index (χ1v) is 11.4. The van der Waals surface area contributed by atoms with Gasteiger partial charge in [-0.05, 0) is 40.1 Å². The lowest BCUT2D eigenvalue weighted by Crippen LogP contribution is -2.32. The fourth-order valence-corrected chi connectivity index (χ4v) is 3.99. The minimum atomic E-state index is -0.564. The van der Waals surface area contributed by atoms with Crippen LogP contribution in [-0.4, -0.2) is 48.8 Å². The Morgan fingerprint density at radius 2 is 1.77 bits per heavy atom. The van der Waals surface area contributed by atoms with Crippen molar-refractivity contribution in [2.24, 2.45) is 5.10 Å². The third kappa shape index (κ3) is 5.84. The van der Waals surface area contributed by atoms with Crippen molar-refractivity contribution in [3.8, 4) is 5.75 Å². The number of ether oxygens (including phenoxy) is 2. The smallest absolute Gasteiger partial charge is 0.308 e. The predicted octanol–water partition coefficient (Wildman–Crippen LogP) is 3.60. The Morgan fingerprint density at radius 1 is 1.03 bits per heavy atom. The van der Waals surface area contributed by atoms with Crippen LogP contribution in [-0.2, 0) is 19.1 Å². The van der Waals surface area contributed by atoms with Crippen LogP contribution >= 0.6 is 0 Å². The molecule has 1 atom stereocenters. The number of carbonyl (C=O) groups is 3. The molecular weight excluding hydrogens is 446 g/mol. The Hall–Kier alpha value is -4.20. The molecule has 180 valence electrons. The van der Waals surface area contributed by atoms with Crippen LogP contribution in [0.4, 0.5) is 0 Å². The van der Waals surface area contributed by atoms with Gasteiger partial charge in [0.2, 0.25) is 5.91 Å².